The maximum atomic E-state index is 13.1. The Hall–Kier alpha value is -1.21. The highest BCUT2D eigenvalue weighted by Crippen LogP contribution is 2.64. The molecule has 0 saturated carbocycles. The van der Waals surface area contributed by atoms with Crippen molar-refractivity contribution < 1.29 is 23.1 Å². The third kappa shape index (κ3) is 4.29. The Kier molecular flexibility index (Phi) is 5.56. The van der Waals surface area contributed by atoms with Crippen molar-refractivity contribution in [2.45, 2.75) is 16.8 Å². The highest BCUT2D eigenvalue weighted by Gasteiger charge is 2.51. The van der Waals surface area contributed by atoms with Gasteiger partial charge < -0.3 is 9.05 Å². The van der Waals surface area contributed by atoms with Gasteiger partial charge in [-0.3, -0.25) is 14.6 Å². The summed E-state index contributed by atoms with van der Waals surface area (Å²) in [6.07, 6.45) is -1.49. The predicted molar refractivity (Wildman–Crippen MR) is 102 cm³/mol. The number of rotatable bonds is 3. The minimum Gasteiger partial charge on any atom is -0.395 e. The molecule has 27 heavy (non-hydrogen) atoms. The molecule has 2 aromatic carbocycles. The summed E-state index contributed by atoms with van der Waals surface area (Å²) in [5.41, 5.74) is 0.0319. The van der Waals surface area contributed by atoms with Gasteiger partial charge in [0.05, 0.1) is 4.92 Å². The lowest BCUT2D eigenvalue weighted by atomic mass is 10.1. The number of hydrogen-bond donors (Lipinski definition) is 0. The van der Waals surface area contributed by atoms with Crippen molar-refractivity contribution in [3.8, 4) is 11.5 Å². The molecule has 0 spiro atoms. The van der Waals surface area contributed by atoms with Gasteiger partial charge in [-0.15, -0.1) is 0 Å². The van der Waals surface area contributed by atoms with Crippen molar-refractivity contribution in [2.24, 2.45) is 0 Å². The molecule has 2 atom stereocenters. The van der Waals surface area contributed by atoms with Crippen LogP contribution in [0, 0.1) is 17.0 Å². The molecule has 0 amide bonds. The predicted octanol–water partition coefficient (Wildman–Crippen LogP) is 6.56. The van der Waals surface area contributed by atoms with Crippen molar-refractivity contribution in [2.75, 3.05) is 0 Å². The summed E-state index contributed by atoms with van der Waals surface area (Å²) < 4.78 is 27.0. The summed E-state index contributed by atoms with van der Waals surface area (Å²) in [6, 6.07) is 8.91. The standard InChI is InChI=1S/C15H10Cl4NO6P/c1-8-4-2-3-5-12(8)24-27(23)25-13-10(14(26-27)15(17,18)19)6-9(16)7-11(13)20(21)22/h2-7,14H,1H3. The molecular weight excluding hydrogens is 463 g/mol. The van der Waals surface area contributed by atoms with Crippen molar-refractivity contribution in [1.29, 1.82) is 0 Å². The number of benzene rings is 2. The molecule has 3 rings (SSSR count). The van der Waals surface area contributed by atoms with E-state index < -0.39 is 34.1 Å². The lowest BCUT2D eigenvalue weighted by Gasteiger charge is -2.33. The smallest absolute Gasteiger partial charge is 0.395 e. The lowest BCUT2D eigenvalue weighted by Crippen LogP contribution is -2.26. The highest BCUT2D eigenvalue weighted by atomic mass is 35.6. The van der Waals surface area contributed by atoms with Crippen molar-refractivity contribution in [3.05, 3.63) is 62.7 Å². The fourth-order valence-electron chi connectivity index (χ4n) is 2.40. The fourth-order valence-corrected chi connectivity index (χ4v) is 4.82. The number of nitrogens with zero attached hydrogens (tertiary/aromatic N) is 1. The number of aryl methyl sites for hydroxylation is 1. The van der Waals surface area contributed by atoms with Crippen molar-refractivity contribution >= 4 is 59.9 Å². The molecule has 0 fully saturated rings. The largest absolute Gasteiger partial charge is 0.588 e. The van der Waals surface area contributed by atoms with Gasteiger partial charge in [0.1, 0.15) is 11.9 Å². The van der Waals surface area contributed by atoms with E-state index in [9.17, 15) is 14.7 Å². The topological polar surface area (TPSA) is 87.9 Å². The zero-order valence-corrected chi connectivity index (χ0v) is 17.3. The second-order valence-electron chi connectivity index (χ2n) is 5.52. The summed E-state index contributed by atoms with van der Waals surface area (Å²) in [6.45, 7) is 1.70. The van der Waals surface area contributed by atoms with Gasteiger partial charge in [0.2, 0.25) is 9.54 Å². The van der Waals surface area contributed by atoms with E-state index in [0.29, 0.717) is 5.56 Å². The monoisotopic (exact) mass is 471 g/mol. The molecule has 12 heteroatoms. The van der Waals surface area contributed by atoms with Gasteiger partial charge in [-0.25, -0.2) is 4.57 Å². The van der Waals surface area contributed by atoms with Crippen LogP contribution in [0.2, 0.25) is 5.02 Å². The van der Waals surface area contributed by atoms with Gasteiger partial charge in [-0.1, -0.05) is 64.6 Å². The first-order valence-electron chi connectivity index (χ1n) is 7.28. The molecule has 0 radical (unpaired) electrons. The van der Waals surface area contributed by atoms with E-state index in [0.717, 1.165) is 6.07 Å². The number of fused-ring (bicyclic) bond motifs is 1. The Morgan fingerprint density at radius 1 is 1.26 bits per heavy atom. The number of phosphoric ester groups is 1. The summed E-state index contributed by atoms with van der Waals surface area (Å²) >= 11 is 23.8. The molecule has 1 aliphatic rings. The molecule has 1 aliphatic heterocycles. The van der Waals surface area contributed by atoms with Crippen LogP contribution in [-0.4, -0.2) is 8.72 Å². The Morgan fingerprint density at radius 3 is 2.52 bits per heavy atom. The van der Waals surface area contributed by atoms with Gasteiger partial charge >= 0.3 is 13.5 Å². The molecule has 2 aromatic rings. The van der Waals surface area contributed by atoms with Crippen LogP contribution >= 0.6 is 54.2 Å². The third-order valence-corrected chi connectivity index (χ3v) is 5.69. The number of nitro benzene ring substituents is 1. The average molecular weight is 473 g/mol. The van der Waals surface area contributed by atoms with Crippen LogP contribution in [0.3, 0.4) is 0 Å². The molecule has 0 aromatic heterocycles. The highest BCUT2D eigenvalue weighted by molar-refractivity contribution is 7.49. The van der Waals surface area contributed by atoms with Crippen molar-refractivity contribution in [3.63, 3.8) is 0 Å². The van der Waals surface area contributed by atoms with E-state index in [2.05, 4.69) is 0 Å². The van der Waals surface area contributed by atoms with Gasteiger partial charge in [-0.2, -0.15) is 0 Å². The van der Waals surface area contributed by atoms with Crippen LogP contribution in [0.25, 0.3) is 0 Å². The normalized spacial score (nSPS) is 21.9. The molecule has 7 nitrogen and oxygen atoms in total. The first-order valence-corrected chi connectivity index (χ1v) is 10.3. The molecule has 0 aliphatic carbocycles. The minimum absolute atomic E-state index is 0.0107. The molecule has 0 bridgehead atoms. The van der Waals surface area contributed by atoms with Crippen LogP contribution in [0.15, 0.2) is 36.4 Å². The van der Waals surface area contributed by atoms with E-state index >= 15 is 0 Å². The molecule has 2 unspecified atom stereocenters. The number of hydrogen-bond acceptors (Lipinski definition) is 6. The van der Waals surface area contributed by atoms with Crippen LogP contribution < -0.4 is 9.05 Å². The number of alkyl halides is 3. The Balaban J connectivity index is 2.14. The second kappa shape index (κ2) is 7.32. The maximum Gasteiger partial charge on any atom is 0.588 e. The third-order valence-electron chi connectivity index (χ3n) is 3.58. The summed E-state index contributed by atoms with van der Waals surface area (Å²) in [5.74, 6) is -0.215. The molecule has 0 N–H and O–H groups in total. The van der Waals surface area contributed by atoms with E-state index in [1.54, 1.807) is 25.1 Å². The van der Waals surface area contributed by atoms with Crippen molar-refractivity contribution in [1.82, 2.24) is 0 Å². The fraction of sp³-hybridized carbons (Fsp3) is 0.200. The SMILES string of the molecule is Cc1ccccc1OP1(=O)Oc2c(cc(Cl)cc2[N+](=O)[O-])C(C(Cl)(Cl)Cl)O1. The zero-order valence-electron chi connectivity index (χ0n) is 13.4. The maximum absolute atomic E-state index is 13.1. The summed E-state index contributed by atoms with van der Waals surface area (Å²) in [7, 11) is -4.43. The zero-order chi connectivity index (χ0) is 20.0. The Bertz CT molecular complexity index is 964. The Morgan fingerprint density at radius 2 is 1.93 bits per heavy atom. The van der Waals surface area contributed by atoms with Crippen LogP contribution in [-0.2, 0) is 9.09 Å². The summed E-state index contributed by atoms with van der Waals surface area (Å²) in [4.78, 5) is 10.6. The minimum atomic E-state index is -4.43. The first kappa shape index (κ1) is 20.5. The van der Waals surface area contributed by atoms with Gasteiger partial charge in [0.15, 0.2) is 0 Å². The van der Waals surface area contributed by atoms with E-state index in [1.165, 1.54) is 12.1 Å². The molecular formula is C15H10Cl4NO6P. The van der Waals surface area contributed by atoms with Crippen LogP contribution in [0.4, 0.5) is 5.69 Å². The molecule has 144 valence electrons. The van der Waals surface area contributed by atoms with Gasteiger partial charge in [0, 0.05) is 16.7 Å². The van der Waals surface area contributed by atoms with Crippen LogP contribution in [0.5, 0.6) is 11.5 Å². The second-order valence-corrected chi connectivity index (χ2v) is 9.80. The lowest BCUT2D eigenvalue weighted by molar-refractivity contribution is -0.385. The van der Waals surface area contributed by atoms with Gasteiger partial charge in [-0.05, 0) is 24.6 Å². The number of halogens is 4. The van der Waals surface area contributed by atoms with Gasteiger partial charge in [0.25, 0.3) is 0 Å². The summed E-state index contributed by atoms with van der Waals surface area (Å²) in [5, 5.41) is 11.4. The number of nitro groups is 1. The average Bonchev–Trinajstić information content (AvgIpc) is 2.55. The van der Waals surface area contributed by atoms with E-state index in [4.69, 9.17) is 60.0 Å². The van der Waals surface area contributed by atoms with E-state index in [1.807, 2.05) is 0 Å². The molecule has 1 heterocycles. The first-order chi connectivity index (χ1) is 12.5. The van der Waals surface area contributed by atoms with Crippen LogP contribution in [0.1, 0.15) is 17.2 Å². The number of para-hydroxylation sites is 1. The molecule has 0 saturated heterocycles. The Labute approximate surface area is 173 Å². The number of phosphoric acid groups is 1. The quantitative estimate of drug-likeness (QED) is 0.217. The van der Waals surface area contributed by atoms with E-state index in [-0.39, 0.29) is 16.3 Å².